The molecule has 3 aromatic carbocycles. The first-order valence-corrected chi connectivity index (χ1v) is 11.9. The Bertz CT molecular complexity index is 1190. The van der Waals surface area contributed by atoms with Crippen molar-refractivity contribution in [3.63, 3.8) is 0 Å². The second kappa shape index (κ2) is 10.9. The van der Waals surface area contributed by atoms with Gasteiger partial charge < -0.3 is 10.2 Å². The van der Waals surface area contributed by atoms with Gasteiger partial charge in [0.1, 0.15) is 5.82 Å². The van der Waals surface area contributed by atoms with E-state index in [9.17, 15) is 4.79 Å². The lowest BCUT2D eigenvalue weighted by Crippen LogP contribution is -2.27. The van der Waals surface area contributed by atoms with Gasteiger partial charge in [-0.05, 0) is 48.2 Å². The minimum atomic E-state index is -0.00895. The molecule has 0 aliphatic rings. The van der Waals surface area contributed by atoms with Crippen LogP contribution in [0.2, 0.25) is 0 Å². The lowest BCUT2D eigenvalue weighted by Gasteiger charge is -2.21. The minimum absolute atomic E-state index is 0.00895. The Morgan fingerprint density at radius 1 is 0.909 bits per heavy atom. The monoisotopic (exact) mass is 456 g/mol. The summed E-state index contributed by atoms with van der Waals surface area (Å²) in [6.07, 6.45) is 1.07. The van der Waals surface area contributed by atoms with E-state index in [2.05, 4.69) is 52.7 Å². The van der Waals surface area contributed by atoms with Gasteiger partial charge in [0, 0.05) is 43.2 Å². The van der Waals surface area contributed by atoms with Crippen molar-refractivity contribution >= 4 is 28.3 Å². The van der Waals surface area contributed by atoms with Crippen molar-refractivity contribution in [3.8, 4) is 0 Å². The van der Waals surface area contributed by atoms with Crippen LogP contribution in [0.5, 0.6) is 0 Å². The molecule has 4 rings (SSSR count). The molecule has 0 unspecified atom stereocenters. The predicted molar refractivity (Wildman–Crippen MR) is 136 cm³/mol. The standard InChI is InChI=1S/C27H28N4OS/c1-20-13-14-24(17-21(20)2)28-26(32)15-16-31(19-23-11-7-4-8-12-23)27-29-25(30-33-27)18-22-9-5-3-6-10-22/h3-14,17H,15-16,18-19H2,1-2H3,(H,28,32). The zero-order valence-electron chi connectivity index (χ0n) is 19.0. The summed E-state index contributed by atoms with van der Waals surface area (Å²) in [6.45, 7) is 5.36. The largest absolute Gasteiger partial charge is 0.342 e. The molecule has 1 aromatic heterocycles. The zero-order valence-corrected chi connectivity index (χ0v) is 19.8. The molecule has 0 radical (unpaired) electrons. The Balaban J connectivity index is 1.44. The second-order valence-corrected chi connectivity index (χ2v) is 8.89. The summed E-state index contributed by atoms with van der Waals surface area (Å²) in [4.78, 5) is 19.6. The van der Waals surface area contributed by atoms with Crippen LogP contribution in [-0.2, 0) is 17.8 Å². The van der Waals surface area contributed by atoms with Crippen LogP contribution in [0.1, 0.15) is 34.5 Å². The van der Waals surface area contributed by atoms with Crippen molar-refractivity contribution < 1.29 is 4.79 Å². The molecule has 0 atom stereocenters. The molecule has 1 N–H and O–H groups in total. The molecule has 0 bridgehead atoms. The molecule has 168 valence electrons. The minimum Gasteiger partial charge on any atom is -0.342 e. The van der Waals surface area contributed by atoms with Crippen LogP contribution < -0.4 is 10.2 Å². The third-order valence-corrected chi connectivity index (χ3v) is 6.36. The number of carbonyl (C=O) groups excluding carboxylic acids is 1. The number of amides is 1. The molecule has 6 heteroatoms. The third-order valence-electron chi connectivity index (χ3n) is 5.55. The fourth-order valence-corrected chi connectivity index (χ4v) is 4.26. The summed E-state index contributed by atoms with van der Waals surface area (Å²) in [7, 11) is 0. The van der Waals surface area contributed by atoms with E-state index in [-0.39, 0.29) is 5.91 Å². The molecule has 0 aliphatic carbocycles. The summed E-state index contributed by atoms with van der Waals surface area (Å²) in [5.74, 6) is 0.796. The lowest BCUT2D eigenvalue weighted by atomic mass is 10.1. The SMILES string of the molecule is Cc1ccc(NC(=O)CCN(Cc2ccccc2)c2nc(Cc3ccccc3)ns2)cc1C. The Morgan fingerprint density at radius 3 is 2.30 bits per heavy atom. The van der Waals surface area contributed by atoms with E-state index < -0.39 is 0 Å². The number of aromatic nitrogens is 2. The molecule has 0 saturated heterocycles. The Labute approximate surface area is 199 Å². The maximum atomic E-state index is 12.7. The number of aryl methyl sites for hydroxylation is 2. The van der Waals surface area contributed by atoms with Crippen molar-refractivity contribution in [2.45, 2.75) is 33.2 Å². The number of nitrogens with zero attached hydrogens (tertiary/aromatic N) is 3. The van der Waals surface area contributed by atoms with E-state index in [0.717, 1.165) is 16.6 Å². The maximum absolute atomic E-state index is 12.7. The smallest absolute Gasteiger partial charge is 0.226 e. The van der Waals surface area contributed by atoms with Crippen molar-refractivity contribution in [1.29, 1.82) is 0 Å². The number of benzene rings is 3. The highest BCUT2D eigenvalue weighted by Crippen LogP contribution is 2.22. The fourth-order valence-electron chi connectivity index (χ4n) is 3.55. The molecule has 0 saturated carbocycles. The molecule has 0 fully saturated rings. The van der Waals surface area contributed by atoms with Gasteiger partial charge in [-0.2, -0.15) is 4.37 Å². The Hall–Kier alpha value is -3.51. The molecular formula is C27H28N4OS. The van der Waals surface area contributed by atoms with E-state index in [1.165, 1.54) is 33.8 Å². The normalized spacial score (nSPS) is 10.7. The average molecular weight is 457 g/mol. The van der Waals surface area contributed by atoms with Gasteiger partial charge in [-0.3, -0.25) is 4.79 Å². The highest BCUT2D eigenvalue weighted by molar-refractivity contribution is 7.09. The highest BCUT2D eigenvalue weighted by Gasteiger charge is 2.16. The summed E-state index contributed by atoms with van der Waals surface area (Å²) in [5.41, 5.74) is 5.57. The van der Waals surface area contributed by atoms with Gasteiger partial charge in [0.25, 0.3) is 0 Å². The zero-order chi connectivity index (χ0) is 23.0. The van der Waals surface area contributed by atoms with Gasteiger partial charge in [0.2, 0.25) is 11.0 Å². The number of rotatable bonds is 9. The number of nitrogens with one attached hydrogen (secondary N) is 1. The van der Waals surface area contributed by atoms with E-state index in [1.807, 2.05) is 54.6 Å². The van der Waals surface area contributed by atoms with Gasteiger partial charge >= 0.3 is 0 Å². The molecule has 1 amide bonds. The number of hydrogen-bond donors (Lipinski definition) is 1. The summed E-state index contributed by atoms with van der Waals surface area (Å²) >= 11 is 1.39. The molecular weight excluding hydrogens is 428 g/mol. The van der Waals surface area contributed by atoms with Gasteiger partial charge in [-0.15, -0.1) is 0 Å². The van der Waals surface area contributed by atoms with Crippen LogP contribution in [0.25, 0.3) is 0 Å². The topological polar surface area (TPSA) is 58.1 Å². The second-order valence-electron chi connectivity index (χ2n) is 8.16. The van der Waals surface area contributed by atoms with Gasteiger partial charge in [-0.25, -0.2) is 4.98 Å². The van der Waals surface area contributed by atoms with Crippen molar-refractivity contribution in [2.24, 2.45) is 0 Å². The van der Waals surface area contributed by atoms with Crippen LogP contribution in [0.3, 0.4) is 0 Å². The van der Waals surface area contributed by atoms with Crippen molar-refractivity contribution in [2.75, 3.05) is 16.8 Å². The fraction of sp³-hybridized carbons (Fsp3) is 0.222. The number of hydrogen-bond acceptors (Lipinski definition) is 5. The van der Waals surface area contributed by atoms with Crippen molar-refractivity contribution in [1.82, 2.24) is 9.36 Å². The maximum Gasteiger partial charge on any atom is 0.226 e. The molecule has 33 heavy (non-hydrogen) atoms. The van der Waals surface area contributed by atoms with E-state index >= 15 is 0 Å². The van der Waals surface area contributed by atoms with Gasteiger partial charge in [0.15, 0.2) is 0 Å². The molecule has 1 heterocycles. The molecule has 5 nitrogen and oxygen atoms in total. The first-order chi connectivity index (χ1) is 16.1. The van der Waals surface area contributed by atoms with E-state index in [0.29, 0.717) is 25.9 Å². The highest BCUT2D eigenvalue weighted by atomic mass is 32.1. The number of carbonyl (C=O) groups is 1. The Morgan fingerprint density at radius 2 is 1.61 bits per heavy atom. The van der Waals surface area contributed by atoms with Gasteiger partial charge in [0.05, 0.1) is 0 Å². The molecule has 4 aromatic rings. The van der Waals surface area contributed by atoms with Crippen LogP contribution in [-0.4, -0.2) is 21.8 Å². The predicted octanol–water partition coefficient (Wildman–Crippen LogP) is 5.78. The summed E-state index contributed by atoms with van der Waals surface area (Å²) in [6, 6.07) is 26.5. The first-order valence-electron chi connectivity index (χ1n) is 11.1. The first kappa shape index (κ1) is 22.7. The lowest BCUT2D eigenvalue weighted by molar-refractivity contribution is -0.116. The summed E-state index contributed by atoms with van der Waals surface area (Å²) < 4.78 is 4.58. The average Bonchev–Trinajstić information content (AvgIpc) is 3.29. The molecule has 0 spiro atoms. The number of anilines is 2. The van der Waals surface area contributed by atoms with Gasteiger partial charge in [-0.1, -0.05) is 66.7 Å². The van der Waals surface area contributed by atoms with Crippen LogP contribution >= 0.6 is 11.5 Å². The summed E-state index contributed by atoms with van der Waals surface area (Å²) in [5, 5.41) is 3.86. The molecule has 0 aliphatic heterocycles. The van der Waals surface area contributed by atoms with E-state index in [1.54, 1.807) is 0 Å². The van der Waals surface area contributed by atoms with E-state index in [4.69, 9.17) is 4.98 Å². The quantitative estimate of drug-likeness (QED) is 0.347. The van der Waals surface area contributed by atoms with Crippen molar-refractivity contribution in [3.05, 3.63) is 107 Å². The van der Waals surface area contributed by atoms with Crippen LogP contribution in [0.15, 0.2) is 78.9 Å². The third kappa shape index (κ3) is 6.49. The Kier molecular flexibility index (Phi) is 7.47. The van der Waals surface area contributed by atoms with Crippen LogP contribution in [0.4, 0.5) is 10.8 Å². The van der Waals surface area contributed by atoms with Crippen LogP contribution in [0, 0.1) is 13.8 Å².